The molecule has 2 aromatic rings. The lowest BCUT2D eigenvalue weighted by atomic mass is 10.1. The molecule has 1 aromatic heterocycles. The number of rotatable bonds is 3. The normalized spacial score (nSPS) is 12.4. The molecule has 0 spiro atoms. The van der Waals surface area contributed by atoms with Crippen molar-refractivity contribution >= 4 is 6.29 Å². The third-order valence-electron chi connectivity index (χ3n) is 2.42. The number of hydrogen-bond acceptors (Lipinski definition) is 3. The van der Waals surface area contributed by atoms with Crippen LogP contribution in [0.2, 0.25) is 0 Å². The number of benzene rings is 1. The van der Waals surface area contributed by atoms with Crippen LogP contribution in [-0.4, -0.2) is 11.4 Å². The van der Waals surface area contributed by atoms with E-state index in [4.69, 9.17) is 4.42 Å². The summed E-state index contributed by atoms with van der Waals surface area (Å²) in [6, 6.07) is 10.3. The zero-order chi connectivity index (χ0) is 11.5. The van der Waals surface area contributed by atoms with Crippen LogP contribution in [0.4, 0.5) is 0 Å². The van der Waals surface area contributed by atoms with Crippen LogP contribution in [0.3, 0.4) is 0 Å². The Kier molecular flexibility index (Phi) is 2.88. The summed E-state index contributed by atoms with van der Waals surface area (Å²) in [4.78, 5) is 10.5. The lowest BCUT2D eigenvalue weighted by Crippen LogP contribution is -1.97. The topological polar surface area (TPSA) is 50.4 Å². The first-order valence-corrected chi connectivity index (χ1v) is 5.00. The summed E-state index contributed by atoms with van der Waals surface area (Å²) >= 11 is 0. The van der Waals surface area contributed by atoms with Crippen molar-refractivity contribution in [1.29, 1.82) is 0 Å². The molecule has 1 heterocycles. The van der Waals surface area contributed by atoms with E-state index >= 15 is 0 Å². The quantitative estimate of drug-likeness (QED) is 0.802. The molecule has 3 nitrogen and oxygen atoms in total. The molecule has 1 atom stereocenters. The van der Waals surface area contributed by atoms with Crippen molar-refractivity contribution < 1.29 is 14.3 Å². The Hall–Kier alpha value is -1.87. The van der Waals surface area contributed by atoms with Crippen LogP contribution in [0.15, 0.2) is 40.8 Å². The Balaban J connectivity index is 2.26. The van der Waals surface area contributed by atoms with Crippen molar-refractivity contribution in [1.82, 2.24) is 0 Å². The number of aryl methyl sites for hydroxylation is 1. The summed E-state index contributed by atoms with van der Waals surface area (Å²) in [6.45, 7) is 1.83. The molecule has 82 valence electrons. The highest BCUT2D eigenvalue weighted by Gasteiger charge is 2.13. The summed E-state index contributed by atoms with van der Waals surface area (Å²) < 4.78 is 5.34. The van der Waals surface area contributed by atoms with E-state index in [1.54, 1.807) is 36.4 Å². The van der Waals surface area contributed by atoms with E-state index in [2.05, 4.69) is 0 Å². The zero-order valence-electron chi connectivity index (χ0n) is 8.88. The van der Waals surface area contributed by atoms with Crippen molar-refractivity contribution in [3.05, 3.63) is 59.0 Å². The Bertz CT molecular complexity index is 482. The first kappa shape index (κ1) is 10.6. The molecule has 0 amide bonds. The van der Waals surface area contributed by atoms with Gasteiger partial charge >= 0.3 is 0 Å². The van der Waals surface area contributed by atoms with Gasteiger partial charge in [0.05, 0.1) is 0 Å². The highest BCUT2D eigenvalue weighted by molar-refractivity contribution is 5.74. The number of aliphatic hydroxyl groups is 1. The lowest BCUT2D eigenvalue weighted by molar-refractivity contribution is 0.112. The van der Waals surface area contributed by atoms with E-state index in [1.165, 1.54) is 0 Å². The third-order valence-corrected chi connectivity index (χ3v) is 2.42. The van der Waals surface area contributed by atoms with Gasteiger partial charge in [-0.15, -0.1) is 0 Å². The first-order valence-electron chi connectivity index (χ1n) is 5.00. The largest absolute Gasteiger partial charge is 0.463 e. The maximum absolute atomic E-state index is 10.5. The zero-order valence-corrected chi connectivity index (χ0v) is 8.88. The number of aliphatic hydroxyl groups excluding tert-OH is 1. The van der Waals surface area contributed by atoms with Crippen LogP contribution in [0.5, 0.6) is 0 Å². The molecular formula is C13H12O3. The van der Waals surface area contributed by atoms with Gasteiger partial charge < -0.3 is 9.52 Å². The summed E-state index contributed by atoms with van der Waals surface area (Å²) in [5, 5.41) is 9.99. The predicted octanol–water partition coefficient (Wildman–Crippen LogP) is 2.48. The molecule has 2 rings (SSSR count). The summed E-state index contributed by atoms with van der Waals surface area (Å²) in [7, 11) is 0. The monoisotopic (exact) mass is 216 g/mol. The van der Waals surface area contributed by atoms with Gasteiger partial charge in [0.2, 0.25) is 0 Å². The van der Waals surface area contributed by atoms with Crippen LogP contribution in [-0.2, 0) is 0 Å². The molecule has 0 aliphatic heterocycles. The fourth-order valence-corrected chi connectivity index (χ4v) is 1.52. The molecule has 1 aromatic carbocycles. The van der Waals surface area contributed by atoms with E-state index in [1.807, 2.05) is 6.92 Å². The molecule has 0 radical (unpaired) electrons. The van der Waals surface area contributed by atoms with E-state index in [0.717, 1.165) is 12.0 Å². The molecule has 16 heavy (non-hydrogen) atoms. The average Bonchev–Trinajstić information content (AvgIpc) is 2.75. The van der Waals surface area contributed by atoms with Crippen LogP contribution in [0.25, 0.3) is 0 Å². The van der Waals surface area contributed by atoms with Crippen molar-refractivity contribution in [2.75, 3.05) is 0 Å². The fourth-order valence-electron chi connectivity index (χ4n) is 1.52. The third kappa shape index (κ3) is 2.04. The number of hydrogen-bond donors (Lipinski definition) is 1. The standard InChI is InChI=1S/C13H12O3/c1-9-2-7-12(16-9)13(15)11-5-3-10(8-14)4-6-11/h2-8,13,15H,1H3. The smallest absolute Gasteiger partial charge is 0.150 e. The second-order valence-corrected chi connectivity index (χ2v) is 3.64. The number of aldehydes is 1. The van der Waals surface area contributed by atoms with E-state index < -0.39 is 6.10 Å². The van der Waals surface area contributed by atoms with Gasteiger partial charge in [-0.05, 0) is 24.6 Å². The lowest BCUT2D eigenvalue weighted by Gasteiger charge is -2.07. The molecule has 0 saturated heterocycles. The molecule has 3 heteroatoms. The van der Waals surface area contributed by atoms with Crippen LogP contribution < -0.4 is 0 Å². The molecule has 0 aliphatic rings. The molecule has 0 aliphatic carbocycles. The second-order valence-electron chi connectivity index (χ2n) is 3.64. The van der Waals surface area contributed by atoms with Crippen LogP contribution in [0.1, 0.15) is 33.5 Å². The van der Waals surface area contributed by atoms with Crippen molar-refractivity contribution in [3.63, 3.8) is 0 Å². The highest BCUT2D eigenvalue weighted by Crippen LogP contribution is 2.23. The number of carbonyl (C=O) groups is 1. The van der Waals surface area contributed by atoms with Crippen molar-refractivity contribution in [2.45, 2.75) is 13.0 Å². The summed E-state index contributed by atoms with van der Waals surface area (Å²) in [6.07, 6.45) is -0.0119. The minimum absolute atomic E-state index is 0.511. The van der Waals surface area contributed by atoms with Crippen molar-refractivity contribution in [3.8, 4) is 0 Å². The Morgan fingerprint density at radius 3 is 2.38 bits per heavy atom. The van der Waals surface area contributed by atoms with Crippen LogP contribution in [0, 0.1) is 6.92 Å². The average molecular weight is 216 g/mol. The van der Waals surface area contributed by atoms with Crippen molar-refractivity contribution in [2.24, 2.45) is 0 Å². The van der Waals surface area contributed by atoms with Gasteiger partial charge in [-0.1, -0.05) is 24.3 Å². The van der Waals surface area contributed by atoms with Gasteiger partial charge in [0.1, 0.15) is 23.9 Å². The second kappa shape index (κ2) is 4.33. The molecule has 0 fully saturated rings. The molecular weight excluding hydrogens is 204 g/mol. The van der Waals surface area contributed by atoms with E-state index in [9.17, 15) is 9.90 Å². The van der Waals surface area contributed by atoms with E-state index in [-0.39, 0.29) is 0 Å². The van der Waals surface area contributed by atoms with Gasteiger partial charge in [0, 0.05) is 5.56 Å². The molecule has 1 N–H and O–H groups in total. The van der Waals surface area contributed by atoms with Gasteiger partial charge in [0.25, 0.3) is 0 Å². The SMILES string of the molecule is Cc1ccc(C(O)c2ccc(C=O)cc2)o1. The Morgan fingerprint density at radius 1 is 1.19 bits per heavy atom. The van der Waals surface area contributed by atoms with Crippen LogP contribution >= 0.6 is 0 Å². The minimum Gasteiger partial charge on any atom is -0.463 e. The minimum atomic E-state index is -0.783. The molecule has 0 saturated carbocycles. The maximum Gasteiger partial charge on any atom is 0.150 e. The number of carbonyl (C=O) groups excluding carboxylic acids is 1. The maximum atomic E-state index is 10.5. The highest BCUT2D eigenvalue weighted by atomic mass is 16.4. The Labute approximate surface area is 93.3 Å². The van der Waals surface area contributed by atoms with Gasteiger partial charge in [-0.25, -0.2) is 0 Å². The van der Waals surface area contributed by atoms with Gasteiger partial charge in [0.15, 0.2) is 0 Å². The van der Waals surface area contributed by atoms with Gasteiger partial charge in [-0.3, -0.25) is 4.79 Å². The van der Waals surface area contributed by atoms with Gasteiger partial charge in [-0.2, -0.15) is 0 Å². The summed E-state index contributed by atoms with van der Waals surface area (Å²) in [5.74, 6) is 1.27. The predicted molar refractivity (Wildman–Crippen MR) is 59.3 cm³/mol. The first-order chi connectivity index (χ1) is 7.70. The van der Waals surface area contributed by atoms with E-state index in [0.29, 0.717) is 16.9 Å². The molecule has 1 unspecified atom stereocenters. The fraction of sp³-hybridized carbons (Fsp3) is 0.154. The Morgan fingerprint density at radius 2 is 1.88 bits per heavy atom. The number of furan rings is 1. The molecule has 0 bridgehead atoms. The summed E-state index contributed by atoms with van der Waals surface area (Å²) in [5.41, 5.74) is 1.30.